The summed E-state index contributed by atoms with van der Waals surface area (Å²) in [6.45, 7) is 9.47. The van der Waals surface area contributed by atoms with Gasteiger partial charge in [0.05, 0.1) is 12.4 Å². The molecule has 2 aromatic heterocycles. The minimum absolute atomic E-state index is 0.323. The Balaban J connectivity index is 2.33. The number of thiophene rings is 1. The van der Waals surface area contributed by atoms with Crippen molar-refractivity contribution in [3.05, 3.63) is 40.1 Å². The lowest BCUT2D eigenvalue weighted by molar-refractivity contribution is 0.464. The van der Waals surface area contributed by atoms with E-state index in [1.807, 2.05) is 23.9 Å². The summed E-state index contributed by atoms with van der Waals surface area (Å²) in [7, 11) is 0. The van der Waals surface area contributed by atoms with Gasteiger partial charge in [0.15, 0.2) is 0 Å². The highest BCUT2D eigenvalue weighted by atomic mass is 32.1. The molecule has 3 nitrogen and oxygen atoms in total. The van der Waals surface area contributed by atoms with Gasteiger partial charge < -0.3 is 10.3 Å². The molecule has 0 radical (unpaired) electrons. The van der Waals surface area contributed by atoms with E-state index in [0.29, 0.717) is 24.4 Å². The Morgan fingerprint density at radius 2 is 2.05 bits per heavy atom. The van der Waals surface area contributed by atoms with Crippen molar-refractivity contribution in [3.63, 3.8) is 0 Å². The summed E-state index contributed by atoms with van der Waals surface area (Å²) in [5.74, 6) is 0.892. The highest BCUT2D eigenvalue weighted by Gasteiger charge is 2.21. The molecule has 2 aromatic rings. The lowest BCUT2D eigenvalue weighted by atomic mass is 9.92. The minimum atomic E-state index is 0.323. The van der Waals surface area contributed by atoms with Crippen LogP contribution in [-0.2, 0) is 0 Å². The molecule has 0 amide bonds. The summed E-state index contributed by atoms with van der Waals surface area (Å²) in [5, 5.41) is 0. The van der Waals surface area contributed by atoms with Crippen molar-refractivity contribution in [2.24, 2.45) is 11.7 Å². The van der Waals surface area contributed by atoms with Gasteiger partial charge in [-0.25, -0.2) is 4.98 Å². The Morgan fingerprint density at radius 1 is 1.32 bits per heavy atom. The van der Waals surface area contributed by atoms with Crippen LogP contribution in [0.2, 0.25) is 0 Å². The van der Waals surface area contributed by atoms with Crippen LogP contribution in [0.3, 0.4) is 0 Å². The van der Waals surface area contributed by atoms with Crippen LogP contribution in [0, 0.1) is 12.8 Å². The molecular weight excluding hydrogens is 254 g/mol. The number of hydrogen-bond donors (Lipinski definition) is 1. The second-order valence-corrected chi connectivity index (χ2v) is 6.76. The zero-order chi connectivity index (χ0) is 14.0. The number of nitrogens with zero attached hydrogens (tertiary/aromatic N) is 2. The van der Waals surface area contributed by atoms with Gasteiger partial charge in [-0.3, -0.25) is 0 Å². The molecular formula is C15H23N3S. The van der Waals surface area contributed by atoms with Crippen LogP contribution in [0.15, 0.2) is 24.7 Å². The number of nitrogens with two attached hydrogens (primary N) is 1. The minimum Gasteiger partial charge on any atom is -0.330 e. The average Bonchev–Trinajstić information content (AvgIpc) is 2.98. The van der Waals surface area contributed by atoms with E-state index in [-0.39, 0.29) is 0 Å². The number of aryl methyl sites for hydroxylation is 1. The van der Waals surface area contributed by atoms with Crippen LogP contribution < -0.4 is 5.73 Å². The monoisotopic (exact) mass is 277 g/mol. The van der Waals surface area contributed by atoms with E-state index in [9.17, 15) is 0 Å². The van der Waals surface area contributed by atoms with E-state index in [2.05, 4.69) is 49.4 Å². The first-order chi connectivity index (χ1) is 9.04. The first kappa shape index (κ1) is 14.3. The number of aromatic nitrogens is 2. The zero-order valence-electron chi connectivity index (χ0n) is 12.1. The van der Waals surface area contributed by atoms with E-state index < -0.39 is 0 Å². The van der Waals surface area contributed by atoms with Gasteiger partial charge >= 0.3 is 0 Å². The quantitative estimate of drug-likeness (QED) is 0.908. The molecule has 2 atom stereocenters. The standard InChI is InChI=1S/C15H23N3S/c1-10(2)13(7-16)14-8-17-9-18(14)12(4)15-6-5-11(3)19-15/h5-6,8-10,12-13H,7,16H2,1-4H3. The lowest BCUT2D eigenvalue weighted by Gasteiger charge is -2.23. The summed E-state index contributed by atoms with van der Waals surface area (Å²) in [6, 6.07) is 4.71. The van der Waals surface area contributed by atoms with E-state index in [1.165, 1.54) is 15.4 Å². The Kier molecular flexibility index (Phi) is 4.42. The normalized spacial score (nSPS) is 14.8. The van der Waals surface area contributed by atoms with Crippen LogP contribution in [-0.4, -0.2) is 16.1 Å². The summed E-state index contributed by atoms with van der Waals surface area (Å²) < 4.78 is 2.27. The fourth-order valence-electron chi connectivity index (χ4n) is 2.48. The molecule has 2 N–H and O–H groups in total. The van der Waals surface area contributed by atoms with Crippen molar-refractivity contribution < 1.29 is 0 Å². The summed E-state index contributed by atoms with van der Waals surface area (Å²) in [5.41, 5.74) is 7.18. The molecule has 0 aliphatic rings. The summed E-state index contributed by atoms with van der Waals surface area (Å²) in [6.07, 6.45) is 3.90. The highest BCUT2D eigenvalue weighted by molar-refractivity contribution is 7.12. The van der Waals surface area contributed by atoms with Crippen molar-refractivity contribution in [1.29, 1.82) is 0 Å². The fourth-order valence-corrected chi connectivity index (χ4v) is 3.40. The fraction of sp³-hybridized carbons (Fsp3) is 0.533. The predicted octanol–water partition coefficient (Wildman–Crippen LogP) is 3.56. The maximum absolute atomic E-state index is 5.94. The molecule has 0 aliphatic carbocycles. The van der Waals surface area contributed by atoms with Crippen LogP contribution >= 0.6 is 11.3 Å². The number of imidazole rings is 1. The van der Waals surface area contributed by atoms with Crippen molar-refractivity contribution in [2.75, 3.05) is 6.54 Å². The summed E-state index contributed by atoms with van der Waals surface area (Å²) >= 11 is 1.85. The molecule has 0 aromatic carbocycles. The topological polar surface area (TPSA) is 43.8 Å². The van der Waals surface area contributed by atoms with Crippen molar-refractivity contribution >= 4 is 11.3 Å². The molecule has 4 heteroatoms. The second kappa shape index (κ2) is 5.88. The maximum Gasteiger partial charge on any atom is 0.0954 e. The largest absolute Gasteiger partial charge is 0.330 e. The van der Waals surface area contributed by atoms with Gasteiger partial charge in [0.1, 0.15) is 0 Å². The van der Waals surface area contributed by atoms with Gasteiger partial charge in [-0.05, 0) is 31.9 Å². The molecule has 0 spiro atoms. The predicted molar refractivity (Wildman–Crippen MR) is 81.7 cm³/mol. The smallest absolute Gasteiger partial charge is 0.0954 e. The van der Waals surface area contributed by atoms with Crippen molar-refractivity contribution in [3.8, 4) is 0 Å². The number of hydrogen-bond acceptors (Lipinski definition) is 3. The Labute approximate surface area is 119 Å². The molecule has 104 valence electrons. The molecule has 2 unspecified atom stereocenters. The molecule has 0 aliphatic heterocycles. The van der Waals surface area contributed by atoms with E-state index in [4.69, 9.17) is 5.73 Å². The zero-order valence-corrected chi connectivity index (χ0v) is 12.9. The number of rotatable bonds is 5. The molecule has 0 saturated carbocycles. The highest BCUT2D eigenvalue weighted by Crippen LogP contribution is 2.30. The molecule has 2 heterocycles. The molecule has 2 rings (SSSR count). The summed E-state index contributed by atoms with van der Waals surface area (Å²) in [4.78, 5) is 7.06. The van der Waals surface area contributed by atoms with Crippen LogP contribution in [0.1, 0.15) is 48.2 Å². The lowest BCUT2D eigenvalue weighted by Crippen LogP contribution is -2.22. The third-order valence-corrected chi connectivity index (χ3v) is 4.90. The van der Waals surface area contributed by atoms with Crippen LogP contribution in [0.4, 0.5) is 0 Å². The van der Waals surface area contributed by atoms with E-state index in [1.54, 1.807) is 0 Å². The van der Waals surface area contributed by atoms with Gasteiger partial charge in [0, 0.05) is 34.1 Å². The van der Waals surface area contributed by atoms with Gasteiger partial charge in [-0.1, -0.05) is 13.8 Å². The molecule has 0 fully saturated rings. The third kappa shape index (κ3) is 2.90. The Morgan fingerprint density at radius 3 is 2.58 bits per heavy atom. The van der Waals surface area contributed by atoms with Gasteiger partial charge in [0.25, 0.3) is 0 Å². The second-order valence-electron chi connectivity index (χ2n) is 5.44. The average molecular weight is 277 g/mol. The van der Waals surface area contributed by atoms with E-state index >= 15 is 0 Å². The van der Waals surface area contributed by atoms with Gasteiger partial charge in [-0.15, -0.1) is 11.3 Å². The van der Waals surface area contributed by atoms with Crippen LogP contribution in [0.25, 0.3) is 0 Å². The molecule has 0 saturated heterocycles. The van der Waals surface area contributed by atoms with Gasteiger partial charge in [-0.2, -0.15) is 0 Å². The Hall–Kier alpha value is -1.13. The Bertz CT molecular complexity index is 527. The van der Waals surface area contributed by atoms with Crippen molar-refractivity contribution in [1.82, 2.24) is 9.55 Å². The molecule has 0 bridgehead atoms. The maximum atomic E-state index is 5.94. The first-order valence-corrected chi connectivity index (χ1v) is 7.64. The third-order valence-electron chi connectivity index (χ3n) is 3.72. The van der Waals surface area contributed by atoms with Crippen molar-refractivity contribution in [2.45, 2.75) is 39.7 Å². The van der Waals surface area contributed by atoms with Gasteiger partial charge in [0.2, 0.25) is 0 Å². The van der Waals surface area contributed by atoms with E-state index in [0.717, 1.165) is 0 Å². The van der Waals surface area contributed by atoms with Crippen LogP contribution in [0.5, 0.6) is 0 Å². The SMILES string of the molecule is Cc1ccc(C(C)n2cncc2C(CN)C(C)C)s1. The first-order valence-electron chi connectivity index (χ1n) is 6.82. The molecule has 19 heavy (non-hydrogen) atoms.